The Morgan fingerprint density at radius 2 is 1.95 bits per heavy atom. The largest absolute Gasteiger partial charge is 0.339 e. The van der Waals surface area contributed by atoms with Crippen LogP contribution in [0.1, 0.15) is 23.7 Å². The van der Waals surface area contributed by atoms with E-state index in [2.05, 4.69) is 5.32 Å². The van der Waals surface area contributed by atoms with Crippen LogP contribution in [-0.2, 0) is 4.79 Å². The molecule has 1 saturated heterocycles. The first-order chi connectivity index (χ1) is 9.72. The van der Waals surface area contributed by atoms with Gasteiger partial charge in [-0.3, -0.25) is 9.59 Å². The Hall–Kier alpha value is -1.40. The number of hydrogen-bond acceptors (Lipinski definition) is 4. The second-order valence-corrected chi connectivity index (χ2v) is 5.57. The molecule has 1 fully saturated rings. The smallest absolute Gasteiger partial charge is 0.254 e. The number of nitrogens with zero attached hydrogens (tertiary/aromatic N) is 2. The summed E-state index contributed by atoms with van der Waals surface area (Å²) in [5.74, 6) is 0.250. The molecule has 6 heteroatoms. The van der Waals surface area contributed by atoms with E-state index in [0.29, 0.717) is 32.6 Å². The van der Waals surface area contributed by atoms with E-state index in [0.717, 1.165) is 18.7 Å². The zero-order chi connectivity index (χ0) is 14.4. The van der Waals surface area contributed by atoms with Gasteiger partial charge in [0.15, 0.2) is 0 Å². The van der Waals surface area contributed by atoms with E-state index in [4.69, 9.17) is 0 Å². The molecule has 0 saturated carbocycles. The van der Waals surface area contributed by atoms with E-state index in [-0.39, 0.29) is 11.8 Å². The molecular formula is C14H21N3O2S. The van der Waals surface area contributed by atoms with Gasteiger partial charge in [0.2, 0.25) is 5.91 Å². The first kappa shape index (κ1) is 15.0. The van der Waals surface area contributed by atoms with Crippen LogP contribution in [-0.4, -0.2) is 60.9 Å². The molecule has 0 atom stereocenters. The predicted octanol–water partition coefficient (Wildman–Crippen LogP) is 1.03. The summed E-state index contributed by atoms with van der Waals surface area (Å²) in [6.07, 6.45) is 0.534. The van der Waals surface area contributed by atoms with Crippen LogP contribution in [0, 0.1) is 0 Å². The molecule has 0 unspecified atom stereocenters. The summed E-state index contributed by atoms with van der Waals surface area (Å²) in [5.41, 5.74) is 0.752. The average molecular weight is 295 g/mol. The summed E-state index contributed by atoms with van der Waals surface area (Å²) >= 11 is 1.53. The van der Waals surface area contributed by atoms with E-state index in [1.54, 1.807) is 0 Å². The fourth-order valence-corrected chi connectivity index (χ4v) is 2.89. The van der Waals surface area contributed by atoms with E-state index < -0.39 is 0 Å². The predicted molar refractivity (Wildman–Crippen MR) is 80.0 cm³/mol. The standard InChI is InChI=1S/C14H21N3O2S/c1-2-15-5-3-13(18)16-6-8-17(9-7-16)14(19)12-4-10-20-11-12/h4,10-11,15H,2-3,5-9H2,1H3. The Morgan fingerprint density at radius 3 is 2.55 bits per heavy atom. The van der Waals surface area contributed by atoms with Crippen molar-refractivity contribution in [2.24, 2.45) is 0 Å². The number of rotatable bonds is 5. The molecule has 1 aromatic rings. The molecule has 110 valence electrons. The van der Waals surface area contributed by atoms with Gasteiger partial charge in [-0.2, -0.15) is 11.3 Å². The Bertz CT molecular complexity index is 439. The Kier molecular flexibility index (Phi) is 5.55. The molecule has 0 radical (unpaired) electrons. The van der Waals surface area contributed by atoms with Crippen LogP contribution in [0.5, 0.6) is 0 Å². The SMILES string of the molecule is CCNCCC(=O)N1CCN(C(=O)c2ccsc2)CC1. The quantitative estimate of drug-likeness (QED) is 0.826. The average Bonchev–Trinajstić information content (AvgIpc) is 3.01. The van der Waals surface area contributed by atoms with Crippen LogP contribution in [0.2, 0.25) is 0 Å². The highest BCUT2D eigenvalue weighted by Crippen LogP contribution is 2.12. The summed E-state index contributed by atoms with van der Waals surface area (Å²) in [7, 11) is 0. The van der Waals surface area contributed by atoms with Gasteiger partial charge in [0, 0.05) is 44.5 Å². The Morgan fingerprint density at radius 1 is 1.25 bits per heavy atom. The Balaban J connectivity index is 1.77. The molecule has 2 heterocycles. The Labute approximate surface area is 123 Å². The van der Waals surface area contributed by atoms with Crippen molar-refractivity contribution in [2.75, 3.05) is 39.3 Å². The summed E-state index contributed by atoms with van der Waals surface area (Å²) in [5, 5.41) is 6.93. The van der Waals surface area contributed by atoms with Crippen LogP contribution >= 0.6 is 11.3 Å². The van der Waals surface area contributed by atoms with E-state index in [1.807, 2.05) is 33.6 Å². The summed E-state index contributed by atoms with van der Waals surface area (Å²) in [6.45, 7) is 6.17. The highest BCUT2D eigenvalue weighted by molar-refractivity contribution is 7.08. The lowest BCUT2D eigenvalue weighted by Crippen LogP contribution is -2.50. The van der Waals surface area contributed by atoms with Crippen LogP contribution in [0.25, 0.3) is 0 Å². The lowest BCUT2D eigenvalue weighted by Gasteiger charge is -2.34. The third-order valence-corrected chi connectivity index (χ3v) is 4.14. The summed E-state index contributed by atoms with van der Waals surface area (Å²) < 4.78 is 0. The molecule has 0 aromatic carbocycles. The summed E-state index contributed by atoms with van der Waals surface area (Å²) in [4.78, 5) is 27.8. The highest BCUT2D eigenvalue weighted by Gasteiger charge is 2.24. The maximum Gasteiger partial charge on any atom is 0.254 e. The molecule has 1 aliphatic rings. The van der Waals surface area contributed by atoms with Gasteiger partial charge >= 0.3 is 0 Å². The zero-order valence-electron chi connectivity index (χ0n) is 11.8. The lowest BCUT2D eigenvalue weighted by atomic mass is 10.2. The number of hydrogen-bond donors (Lipinski definition) is 1. The van der Waals surface area contributed by atoms with Crippen molar-refractivity contribution in [3.8, 4) is 0 Å². The molecule has 5 nitrogen and oxygen atoms in total. The van der Waals surface area contributed by atoms with Gasteiger partial charge in [-0.25, -0.2) is 0 Å². The first-order valence-corrected chi connectivity index (χ1v) is 7.96. The maximum atomic E-state index is 12.2. The van der Waals surface area contributed by atoms with Crippen molar-refractivity contribution in [1.29, 1.82) is 0 Å². The fraction of sp³-hybridized carbons (Fsp3) is 0.571. The van der Waals surface area contributed by atoms with Crippen molar-refractivity contribution < 1.29 is 9.59 Å². The zero-order valence-corrected chi connectivity index (χ0v) is 12.6. The maximum absolute atomic E-state index is 12.2. The molecule has 0 aliphatic carbocycles. The third-order valence-electron chi connectivity index (χ3n) is 3.45. The van der Waals surface area contributed by atoms with Crippen molar-refractivity contribution in [3.63, 3.8) is 0 Å². The lowest BCUT2D eigenvalue weighted by molar-refractivity contribution is -0.132. The second kappa shape index (κ2) is 7.40. The monoisotopic (exact) mass is 295 g/mol. The van der Waals surface area contributed by atoms with Crippen LogP contribution in [0.4, 0.5) is 0 Å². The molecule has 20 heavy (non-hydrogen) atoms. The van der Waals surface area contributed by atoms with E-state index in [9.17, 15) is 9.59 Å². The van der Waals surface area contributed by atoms with Crippen molar-refractivity contribution in [1.82, 2.24) is 15.1 Å². The minimum atomic E-state index is 0.0750. The van der Waals surface area contributed by atoms with Crippen LogP contribution in [0.3, 0.4) is 0 Å². The second-order valence-electron chi connectivity index (χ2n) is 4.79. The van der Waals surface area contributed by atoms with E-state index >= 15 is 0 Å². The number of thiophene rings is 1. The molecule has 1 N–H and O–H groups in total. The van der Waals surface area contributed by atoms with E-state index in [1.165, 1.54) is 11.3 Å². The van der Waals surface area contributed by atoms with Gasteiger partial charge in [0.25, 0.3) is 5.91 Å². The first-order valence-electron chi connectivity index (χ1n) is 7.02. The summed E-state index contributed by atoms with van der Waals surface area (Å²) in [6, 6.07) is 1.85. The number of amides is 2. The third kappa shape index (κ3) is 3.80. The van der Waals surface area contributed by atoms with Gasteiger partial charge in [0.05, 0.1) is 5.56 Å². The van der Waals surface area contributed by atoms with Gasteiger partial charge in [-0.15, -0.1) is 0 Å². The number of nitrogens with one attached hydrogen (secondary N) is 1. The molecule has 0 bridgehead atoms. The molecule has 2 rings (SSSR count). The number of piperazine rings is 1. The van der Waals surface area contributed by atoms with Crippen molar-refractivity contribution in [3.05, 3.63) is 22.4 Å². The van der Waals surface area contributed by atoms with Gasteiger partial charge in [-0.05, 0) is 18.0 Å². The molecule has 1 aliphatic heterocycles. The number of carbonyl (C=O) groups is 2. The van der Waals surface area contributed by atoms with Crippen molar-refractivity contribution >= 4 is 23.2 Å². The van der Waals surface area contributed by atoms with Crippen LogP contribution in [0.15, 0.2) is 16.8 Å². The van der Waals surface area contributed by atoms with Gasteiger partial charge in [-0.1, -0.05) is 6.92 Å². The van der Waals surface area contributed by atoms with Gasteiger partial charge < -0.3 is 15.1 Å². The minimum Gasteiger partial charge on any atom is -0.339 e. The molecule has 1 aromatic heterocycles. The topological polar surface area (TPSA) is 52.7 Å². The molecular weight excluding hydrogens is 274 g/mol. The molecule has 2 amide bonds. The minimum absolute atomic E-state index is 0.0750. The fourth-order valence-electron chi connectivity index (χ4n) is 2.26. The number of carbonyl (C=O) groups excluding carboxylic acids is 2. The molecule has 0 spiro atoms. The highest BCUT2D eigenvalue weighted by atomic mass is 32.1. The van der Waals surface area contributed by atoms with Crippen molar-refractivity contribution in [2.45, 2.75) is 13.3 Å². The van der Waals surface area contributed by atoms with Crippen LogP contribution < -0.4 is 5.32 Å². The normalized spacial score (nSPS) is 15.4. The van der Waals surface area contributed by atoms with Gasteiger partial charge in [0.1, 0.15) is 0 Å².